The van der Waals surface area contributed by atoms with E-state index in [4.69, 9.17) is 10.5 Å². The first-order valence-electron chi connectivity index (χ1n) is 8.16. The quantitative estimate of drug-likeness (QED) is 0.806. The number of nitrogens with two attached hydrogens (primary N) is 1. The number of nitrogens with one attached hydrogen (secondary N) is 1. The Balaban J connectivity index is 1.75. The Labute approximate surface area is 150 Å². The Bertz CT molecular complexity index is 822. The van der Waals surface area contributed by atoms with E-state index in [9.17, 15) is 9.59 Å². The van der Waals surface area contributed by atoms with E-state index < -0.39 is 5.91 Å². The van der Waals surface area contributed by atoms with Crippen LogP contribution in [0.1, 0.15) is 39.2 Å². The zero-order valence-electron chi connectivity index (χ0n) is 14.0. The molecule has 0 saturated heterocycles. The van der Waals surface area contributed by atoms with Crippen LogP contribution >= 0.6 is 11.3 Å². The van der Waals surface area contributed by atoms with Gasteiger partial charge in [-0.2, -0.15) is 0 Å². The normalized spacial score (nSPS) is 13.5. The van der Waals surface area contributed by atoms with Gasteiger partial charge >= 0.3 is 0 Å². The minimum Gasteiger partial charge on any atom is -0.497 e. The highest BCUT2D eigenvalue weighted by molar-refractivity contribution is 7.17. The second-order valence-corrected chi connectivity index (χ2v) is 6.98. The van der Waals surface area contributed by atoms with E-state index in [0.717, 1.165) is 47.4 Å². The summed E-state index contributed by atoms with van der Waals surface area (Å²) in [5.74, 6) is 0.00242. The molecular formula is C19H20N2O3S. The third-order valence-electron chi connectivity index (χ3n) is 4.20. The first-order valence-corrected chi connectivity index (χ1v) is 8.97. The molecule has 1 aromatic carbocycles. The fraction of sp³-hybridized carbons (Fsp3) is 0.263. The lowest BCUT2D eigenvalue weighted by molar-refractivity contribution is -0.111. The van der Waals surface area contributed by atoms with Crippen molar-refractivity contribution in [2.45, 2.75) is 25.7 Å². The van der Waals surface area contributed by atoms with Crippen molar-refractivity contribution in [2.24, 2.45) is 5.73 Å². The van der Waals surface area contributed by atoms with Crippen LogP contribution in [0.2, 0.25) is 0 Å². The van der Waals surface area contributed by atoms with Gasteiger partial charge in [-0.3, -0.25) is 9.59 Å². The number of carbonyl (C=O) groups is 2. The maximum absolute atomic E-state index is 12.2. The predicted octanol–water partition coefficient (Wildman–Crippen LogP) is 3.39. The molecular weight excluding hydrogens is 336 g/mol. The molecule has 1 aliphatic rings. The number of hydrogen-bond acceptors (Lipinski definition) is 4. The van der Waals surface area contributed by atoms with Crippen LogP contribution in [-0.2, 0) is 17.6 Å². The van der Waals surface area contributed by atoms with E-state index in [-0.39, 0.29) is 5.91 Å². The van der Waals surface area contributed by atoms with Gasteiger partial charge in [0.25, 0.3) is 5.91 Å². The average molecular weight is 356 g/mol. The van der Waals surface area contributed by atoms with Crippen molar-refractivity contribution in [3.63, 3.8) is 0 Å². The first kappa shape index (κ1) is 17.2. The summed E-state index contributed by atoms with van der Waals surface area (Å²) in [6.45, 7) is 0. The molecule has 6 heteroatoms. The summed E-state index contributed by atoms with van der Waals surface area (Å²) in [6.07, 6.45) is 7.11. The van der Waals surface area contributed by atoms with Crippen LogP contribution in [-0.4, -0.2) is 18.9 Å². The minimum absolute atomic E-state index is 0.281. The Hall–Kier alpha value is -2.60. The van der Waals surface area contributed by atoms with Crippen LogP contribution in [0.15, 0.2) is 30.3 Å². The van der Waals surface area contributed by atoms with Gasteiger partial charge in [0, 0.05) is 11.0 Å². The van der Waals surface area contributed by atoms with Gasteiger partial charge in [-0.1, -0.05) is 12.1 Å². The van der Waals surface area contributed by atoms with Crippen LogP contribution in [0.3, 0.4) is 0 Å². The molecule has 130 valence electrons. The van der Waals surface area contributed by atoms with E-state index in [0.29, 0.717) is 10.6 Å². The highest BCUT2D eigenvalue weighted by atomic mass is 32.1. The molecule has 5 nitrogen and oxygen atoms in total. The Morgan fingerprint density at radius 3 is 2.60 bits per heavy atom. The highest BCUT2D eigenvalue weighted by Crippen LogP contribution is 2.37. The van der Waals surface area contributed by atoms with Crippen LogP contribution in [0, 0.1) is 0 Å². The van der Waals surface area contributed by atoms with Gasteiger partial charge < -0.3 is 15.8 Å². The number of ether oxygens (including phenoxy) is 1. The van der Waals surface area contributed by atoms with Gasteiger partial charge in [0.15, 0.2) is 0 Å². The molecule has 0 unspecified atom stereocenters. The molecule has 0 fully saturated rings. The SMILES string of the molecule is COc1ccc(/C=C/C(=O)Nc2sc3c(c2C(N)=O)CCCC3)cc1. The summed E-state index contributed by atoms with van der Waals surface area (Å²) in [6, 6.07) is 7.38. The van der Waals surface area contributed by atoms with Gasteiger partial charge in [0.2, 0.25) is 5.91 Å². The second-order valence-electron chi connectivity index (χ2n) is 5.88. The smallest absolute Gasteiger partial charge is 0.251 e. The van der Waals surface area contributed by atoms with Gasteiger partial charge in [-0.15, -0.1) is 11.3 Å². The monoisotopic (exact) mass is 356 g/mol. The second kappa shape index (κ2) is 7.53. The molecule has 2 amide bonds. The van der Waals surface area contributed by atoms with Crippen molar-refractivity contribution in [1.82, 2.24) is 0 Å². The third kappa shape index (κ3) is 3.91. The average Bonchev–Trinajstić information content (AvgIpc) is 2.98. The van der Waals surface area contributed by atoms with Crippen molar-refractivity contribution in [2.75, 3.05) is 12.4 Å². The molecule has 0 aliphatic heterocycles. The van der Waals surface area contributed by atoms with E-state index in [1.807, 2.05) is 24.3 Å². The van der Waals surface area contributed by atoms with Crippen molar-refractivity contribution in [3.05, 3.63) is 51.9 Å². The summed E-state index contributed by atoms with van der Waals surface area (Å²) in [4.78, 5) is 25.2. The lowest BCUT2D eigenvalue weighted by Crippen LogP contribution is -2.17. The van der Waals surface area contributed by atoms with Crippen LogP contribution < -0.4 is 15.8 Å². The number of aryl methyl sites for hydroxylation is 1. The van der Waals surface area contributed by atoms with Crippen molar-refractivity contribution in [1.29, 1.82) is 0 Å². The molecule has 1 aromatic heterocycles. The van der Waals surface area contributed by atoms with Crippen molar-refractivity contribution < 1.29 is 14.3 Å². The largest absolute Gasteiger partial charge is 0.497 e. The molecule has 0 bridgehead atoms. The Morgan fingerprint density at radius 2 is 1.92 bits per heavy atom. The lowest BCUT2D eigenvalue weighted by atomic mass is 9.95. The summed E-state index contributed by atoms with van der Waals surface area (Å²) in [5, 5.41) is 3.37. The lowest BCUT2D eigenvalue weighted by Gasteiger charge is -2.11. The summed E-state index contributed by atoms with van der Waals surface area (Å²) < 4.78 is 5.10. The summed E-state index contributed by atoms with van der Waals surface area (Å²) >= 11 is 1.46. The number of primary amides is 1. The van der Waals surface area contributed by atoms with Crippen molar-refractivity contribution in [3.8, 4) is 5.75 Å². The molecule has 2 aromatic rings. The number of fused-ring (bicyclic) bond motifs is 1. The highest BCUT2D eigenvalue weighted by Gasteiger charge is 2.24. The maximum atomic E-state index is 12.2. The summed E-state index contributed by atoms with van der Waals surface area (Å²) in [5.41, 5.74) is 7.91. The molecule has 0 saturated carbocycles. The van der Waals surface area contributed by atoms with Gasteiger partial charge in [-0.25, -0.2) is 0 Å². The maximum Gasteiger partial charge on any atom is 0.251 e. The van der Waals surface area contributed by atoms with E-state index in [1.165, 1.54) is 17.4 Å². The van der Waals surface area contributed by atoms with Crippen LogP contribution in [0.5, 0.6) is 5.75 Å². The molecule has 25 heavy (non-hydrogen) atoms. The summed E-state index contributed by atoms with van der Waals surface area (Å²) in [7, 11) is 1.61. The fourth-order valence-electron chi connectivity index (χ4n) is 2.96. The predicted molar refractivity (Wildman–Crippen MR) is 100 cm³/mol. The molecule has 0 radical (unpaired) electrons. The first-order chi connectivity index (χ1) is 12.1. The van der Waals surface area contributed by atoms with Gasteiger partial charge in [0.05, 0.1) is 12.7 Å². The van der Waals surface area contributed by atoms with Gasteiger partial charge in [-0.05, 0) is 55.0 Å². The van der Waals surface area contributed by atoms with E-state index in [2.05, 4.69) is 5.32 Å². The topological polar surface area (TPSA) is 81.4 Å². The van der Waals surface area contributed by atoms with Crippen LogP contribution in [0.4, 0.5) is 5.00 Å². The third-order valence-corrected chi connectivity index (χ3v) is 5.40. The van der Waals surface area contributed by atoms with Gasteiger partial charge in [0.1, 0.15) is 10.8 Å². The Morgan fingerprint density at radius 1 is 1.20 bits per heavy atom. The molecule has 1 heterocycles. The zero-order valence-corrected chi connectivity index (χ0v) is 14.8. The number of carbonyl (C=O) groups excluding carboxylic acids is 2. The molecule has 1 aliphatic carbocycles. The van der Waals surface area contributed by atoms with E-state index >= 15 is 0 Å². The molecule has 3 N–H and O–H groups in total. The number of thiophene rings is 1. The minimum atomic E-state index is -0.478. The molecule has 3 rings (SSSR count). The standard InChI is InChI=1S/C19H20N2O3S/c1-24-13-9-6-12(7-10-13)8-11-16(22)21-19-17(18(20)23)14-4-2-3-5-15(14)25-19/h6-11H,2-5H2,1H3,(H2,20,23)(H,21,22)/b11-8+. The zero-order chi connectivity index (χ0) is 17.8. The number of anilines is 1. The Kier molecular flexibility index (Phi) is 5.19. The number of rotatable bonds is 5. The fourth-order valence-corrected chi connectivity index (χ4v) is 4.25. The molecule has 0 atom stereocenters. The number of benzene rings is 1. The van der Waals surface area contributed by atoms with E-state index in [1.54, 1.807) is 13.2 Å². The number of hydrogen-bond donors (Lipinski definition) is 2. The number of methoxy groups -OCH3 is 1. The van der Waals surface area contributed by atoms with Crippen LogP contribution in [0.25, 0.3) is 6.08 Å². The number of amides is 2. The molecule has 0 spiro atoms. The van der Waals surface area contributed by atoms with Crippen molar-refractivity contribution >= 4 is 34.2 Å².